The number of carbonyl (C=O) groups is 2. The minimum absolute atomic E-state index is 0.00795. The molecule has 1 aromatic heterocycles. The van der Waals surface area contributed by atoms with E-state index in [4.69, 9.17) is 10.5 Å². The molecule has 1 amide bonds. The third-order valence-corrected chi connectivity index (χ3v) is 3.34. The van der Waals surface area contributed by atoms with Gasteiger partial charge in [0, 0.05) is 19.3 Å². The van der Waals surface area contributed by atoms with Crippen LogP contribution in [0.25, 0.3) is 0 Å². The molecule has 0 aliphatic carbocycles. The van der Waals surface area contributed by atoms with Gasteiger partial charge in [0.1, 0.15) is 12.4 Å². The number of piperidine rings is 1. The highest BCUT2D eigenvalue weighted by atomic mass is 16.5. The number of hydrogen-bond acceptors (Lipinski definition) is 5. The Balaban J connectivity index is 1.84. The monoisotopic (exact) mass is 266 g/mol. The Hall–Kier alpha value is -2.05. The van der Waals surface area contributed by atoms with E-state index < -0.39 is 0 Å². The summed E-state index contributed by atoms with van der Waals surface area (Å²) in [7, 11) is 1.39. The van der Waals surface area contributed by atoms with Crippen LogP contribution in [0.5, 0.6) is 0 Å². The number of carbonyl (C=O) groups excluding carboxylic acids is 2. The van der Waals surface area contributed by atoms with Gasteiger partial charge in [-0.15, -0.1) is 0 Å². The van der Waals surface area contributed by atoms with Crippen LogP contribution in [-0.4, -0.2) is 46.8 Å². The zero-order valence-corrected chi connectivity index (χ0v) is 10.9. The van der Waals surface area contributed by atoms with Crippen molar-refractivity contribution in [1.82, 2.24) is 14.7 Å². The fourth-order valence-corrected chi connectivity index (χ4v) is 2.24. The molecular formula is C12H18N4O3. The number of aromatic nitrogens is 2. The molecule has 0 atom stereocenters. The van der Waals surface area contributed by atoms with Crippen LogP contribution in [0.15, 0.2) is 12.3 Å². The van der Waals surface area contributed by atoms with Crippen molar-refractivity contribution in [3.8, 4) is 0 Å². The largest absolute Gasteiger partial charge is 0.469 e. The van der Waals surface area contributed by atoms with Crippen molar-refractivity contribution >= 4 is 17.7 Å². The van der Waals surface area contributed by atoms with Gasteiger partial charge in [0.15, 0.2) is 0 Å². The van der Waals surface area contributed by atoms with Crippen molar-refractivity contribution in [2.24, 2.45) is 5.92 Å². The molecular weight excluding hydrogens is 248 g/mol. The van der Waals surface area contributed by atoms with Gasteiger partial charge in [0.05, 0.1) is 13.0 Å². The predicted octanol–water partition coefficient (Wildman–Crippen LogP) is -0.123. The second-order valence-corrected chi connectivity index (χ2v) is 4.62. The number of nitrogens with two attached hydrogens (primary N) is 1. The molecule has 0 aromatic carbocycles. The van der Waals surface area contributed by atoms with Gasteiger partial charge in [0.2, 0.25) is 5.91 Å². The highest BCUT2D eigenvalue weighted by Crippen LogP contribution is 2.18. The number of likely N-dealkylation sites (tertiary alicyclic amines) is 1. The summed E-state index contributed by atoms with van der Waals surface area (Å²) in [5.41, 5.74) is 5.49. The summed E-state index contributed by atoms with van der Waals surface area (Å²) in [6.45, 7) is 1.34. The second-order valence-electron chi connectivity index (χ2n) is 4.62. The van der Waals surface area contributed by atoms with Gasteiger partial charge >= 0.3 is 5.97 Å². The van der Waals surface area contributed by atoms with Crippen molar-refractivity contribution in [3.05, 3.63) is 12.3 Å². The molecule has 2 heterocycles. The molecule has 0 spiro atoms. The van der Waals surface area contributed by atoms with Crippen LogP contribution < -0.4 is 5.73 Å². The zero-order chi connectivity index (χ0) is 13.8. The molecule has 0 radical (unpaired) electrons. The van der Waals surface area contributed by atoms with Crippen molar-refractivity contribution in [1.29, 1.82) is 0 Å². The molecule has 104 valence electrons. The lowest BCUT2D eigenvalue weighted by Gasteiger charge is -2.30. The Morgan fingerprint density at radius 1 is 1.47 bits per heavy atom. The third kappa shape index (κ3) is 3.24. The zero-order valence-electron chi connectivity index (χ0n) is 10.9. The first-order valence-electron chi connectivity index (χ1n) is 6.24. The molecule has 1 saturated heterocycles. The summed E-state index contributed by atoms with van der Waals surface area (Å²) in [4.78, 5) is 25.2. The maximum atomic E-state index is 12.0. The molecule has 19 heavy (non-hydrogen) atoms. The molecule has 1 aliphatic rings. The highest BCUT2D eigenvalue weighted by Gasteiger charge is 2.27. The number of esters is 1. The number of rotatable bonds is 3. The van der Waals surface area contributed by atoms with Crippen LogP contribution in [0.4, 0.5) is 5.82 Å². The van der Waals surface area contributed by atoms with Crippen LogP contribution in [0, 0.1) is 5.92 Å². The van der Waals surface area contributed by atoms with Gasteiger partial charge < -0.3 is 15.4 Å². The van der Waals surface area contributed by atoms with Gasteiger partial charge in [-0.25, -0.2) is 0 Å². The second kappa shape index (κ2) is 5.73. The van der Waals surface area contributed by atoms with Crippen LogP contribution in [0.1, 0.15) is 12.8 Å². The Kier molecular flexibility index (Phi) is 4.03. The van der Waals surface area contributed by atoms with Crippen molar-refractivity contribution in [2.45, 2.75) is 19.4 Å². The Morgan fingerprint density at radius 2 is 2.16 bits per heavy atom. The fourth-order valence-electron chi connectivity index (χ4n) is 2.24. The average molecular weight is 266 g/mol. The average Bonchev–Trinajstić information content (AvgIpc) is 2.83. The molecule has 2 N–H and O–H groups in total. The summed E-state index contributed by atoms with van der Waals surface area (Å²) in [5.74, 6) is 0.116. The number of amides is 1. The normalized spacial score (nSPS) is 16.4. The third-order valence-electron chi connectivity index (χ3n) is 3.34. The number of methoxy groups -OCH3 is 1. The van der Waals surface area contributed by atoms with E-state index in [9.17, 15) is 9.59 Å². The summed E-state index contributed by atoms with van der Waals surface area (Å²) >= 11 is 0. The smallest absolute Gasteiger partial charge is 0.308 e. The Morgan fingerprint density at radius 3 is 2.68 bits per heavy atom. The lowest BCUT2D eigenvalue weighted by molar-refractivity contribution is -0.149. The lowest BCUT2D eigenvalue weighted by Crippen LogP contribution is -2.42. The number of ether oxygens (including phenoxy) is 1. The van der Waals surface area contributed by atoms with E-state index >= 15 is 0 Å². The minimum Gasteiger partial charge on any atom is -0.469 e. The first kappa shape index (κ1) is 13.4. The number of anilines is 1. The minimum atomic E-state index is -0.188. The van der Waals surface area contributed by atoms with Crippen LogP contribution >= 0.6 is 0 Å². The molecule has 0 saturated carbocycles. The SMILES string of the molecule is COC(=O)C1CCN(C(=O)Cn2ccc(N)n2)CC1. The molecule has 7 heteroatoms. The fraction of sp³-hybridized carbons (Fsp3) is 0.583. The molecule has 0 bridgehead atoms. The number of hydrogen-bond donors (Lipinski definition) is 1. The van der Waals surface area contributed by atoms with E-state index in [0.29, 0.717) is 31.7 Å². The molecule has 1 aliphatic heterocycles. The van der Waals surface area contributed by atoms with Gasteiger partial charge in [-0.2, -0.15) is 5.10 Å². The van der Waals surface area contributed by atoms with Crippen molar-refractivity contribution in [2.75, 3.05) is 25.9 Å². The van der Waals surface area contributed by atoms with E-state index in [1.165, 1.54) is 11.8 Å². The van der Waals surface area contributed by atoms with Crippen LogP contribution in [0.3, 0.4) is 0 Å². The molecule has 1 fully saturated rings. The Labute approximate surface area is 111 Å². The quantitative estimate of drug-likeness (QED) is 0.770. The topological polar surface area (TPSA) is 90.5 Å². The maximum absolute atomic E-state index is 12.0. The molecule has 7 nitrogen and oxygen atoms in total. The van der Waals surface area contributed by atoms with Crippen LogP contribution in [0.2, 0.25) is 0 Å². The van der Waals surface area contributed by atoms with E-state index in [-0.39, 0.29) is 24.3 Å². The molecule has 2 rings (SSSR count). The van der Waals surface area contributed by atoms with E-state index in [1.54, 1.807) is 17.2 Å². The van der Waals surface area contributed by atoms with Crippen LogP contribution in [-0.2, 0) is 20.9 Å². The van der Waals surface area contributed by atoms with Gasteiger partial charge in [0.25, 0.3) is 0 Å². The highest BCUT2D eigenvalue weighted by molar-refractivity contribution is 5.77. The summed E-state index contributed by atoms with van der Waals surface area (Å²) in [6, 6.07) is 1.65. The van der Waals surface area contributed by atoms with E-state index in [1.807, 2.05) is 0 Å². The molecule has 0 unspecified atom stereocenters. The standard InChI is InChI=1S/C12H18N4O3/c1-19-12(18)9-2-5-15(6-3-9)11(17)8-16-7-4-10(13)14-16/h4,7,9H,2-3,5-6,8H2,1H3,(H2,13,14). The molecule has 1 aromatic rings. The Bertz CT molecular complexity index is 463. The first-order valence-corrected chi connectivity index (χ1v) is 6.24. The number of nitrogen functional groups attached to an aromatic ring is 1. The van der Waals surface area contributed by atoms with Crippen molar-refractivity contribution in [3.63, 3.8) is 0 Å². The van der Waals surface area contributed by atoms with Gasteiger partial charge in [-0.3, -0.25) is 14.3 Å². The van der Waals surface area contributed by atoms with E-state index in [0.717, 1.165) is 0 Å². The van der Waals surface area contributed by atoms with Crippen molar-refractivity contribution < 1.29 is 14.3 Å². The maximum Gasteiger partial charge on any atom is 0.308 e. The summed E-state index contributed by atoms with van der Waals surface area (Å²) < 4.78 is 6.23. The number of nitrogens with zero attached hydrogens (tertiary/aromatic N) is 3. The van der Waals surface area contributed by atoms with Gasteiger partial charge in [-0.05, 0) is 18.9 Å². The lowest BCUT2D eigenvalue weighted by atomic mass is 9.97. The predicted molar refractivity (Wildman–Crippen MR) is 68.0 cm³/mol. The van der Waals surface area contributed by atoms with E-state index in [2.05, 4.69) is 5.10 Å². The summed E-state index contributed by atoms with van der Waals surface area (Å²) in [5, 5.41) is 3.97. The summed E-state index contributed by atoms with van der Waals surface area (Å²) in [6.07, 6.45) is 2.98. The van der Waals surface area contributed by atoms with Gasteiger partial charge in [-0.1, -0.05) is 0 Å². The first-order chi connectivity index (χ1) is 9.10.